The highest BCUT2D eigenvalue weighted by molar-refractivity contribution is 6.05. The van der Waals surface area contributed by atoms with Crippen LogP contribution in [0.3, 0.4) is 0 Å². The Morgan fingerprint density at radius 3 is 2.76 bits per heavy atom. The number of hydrogen-bond donors (Lipinski definition) is 4. The number of aliphatic imine (C=N–C) groups is 1. The highest BCUT2D eigenvalue weighted by atomic mass is 16.5. The van der Waals surface area contributed by atoms with E-state index in [0.29, 0.717) is 29.3 Å². The molecule has 10 nitrogen and oxygen atoms in total. The van der Waals surface area contributed by atoms with E-state index in [-0.39, 0.29) is 13.2 Å². The minimum absolute atomic E-state index is 0.1000. The average Bonchev–Trinajstić information content (AvgIpc) is 3.18. The molecule has 2 amide bonds. The second-order valence-electron chi connectivity index (χ2n) is 8.77. The fraction of sp³-hybridized carbons (Fsp3) is 0.333. The van der Waals surface area contributed by atoms with Crippen LogP contribution in [0.1, 0.15) is 30.5 Å². The van der Waals surface area contributed by atoms with Gasteiger partial charge in [-0.15, -0.1) is 0 Å². The summed E-state index contributed by atoms with van der Waals surface area (Å²) in [5.74, 6) is -1.93. The minimum atomic E-state index is -1.75. The van der Waals surface area contributed by atoms with E-state index in [0.717, 1.165) is 11.1 Å². The number of ether oxygens (including phenoxy) is 1. The lowest BCUT2D eigenvalue weighted by molar-refractivity contribution is -0.150. The van der Waals surface area contributed by atoms with Gasteiger partial charge in [0, 0.05) is 23.5 Å². The fourth-order valence-electron chi connectivity index (χ4n) is 3.94. The van der Waals surface area contributed by atoms with Crippen LogP contribution in [-0.2, 0) is 31.1 Å². The summed E-state index contributed by atoms with van der Waals surface area (Å²) in [6.07, 6.45) is -3.15. The van der Waals surface area contributed by atoms with E-state index >= 15 is 0 Å². The number of morpholine rings is 1. The zero-order valence-electron chi connectivity index (χ0n) is 18.8. The van der Waals surface area contributed by atoms with Gasteiger partial charge < -0.3 is 30.9 Å². The number of carboxylic acid groups (broad SMARTS) is 1. The van der Waals surface area contributed by atoms with Crippen molar-refractivity contribution in [1.29, 1.82) is 0 Å². The van der Waals surface area contributed by atoms with Crippen molar-refractivity contribution in [1.82, 2.24) is 0 Å². The van der Waals surface area contributed by atoms with Crippen LogP contribution in [0.15, 0.2) is 47.5 Å². The molecule has 2 unspecified atom stereocenters. The van der Waals surface area contributed by atoms with Crippen LogP contribution >= 0.6 is 0 Å². The zero-order chi connectivity index (χ0) is 24.6. The average molecular weight is 466 g/mol. The third kappa shape index (κ3) is 4.25. The highest BCUT2D eigenvalue weighted by Crippen LogP contribution is 2.29. The van der Waals surface area contributed by atoms with Crippen molar-refractivity contribution in [2.75, 3.05) is 23.4 Å². The van der Waals surface area contributed by atoms with Gasteiger partial charge in [0.15, 0.2) is 12.2 Å². The lowest BCUT2D eigenvalue weighted by atomic mass is 9.84. The number of rotatable bonds is 6. The predicted octanol–water partition coefficient (Wildman–Crippen LogP) is 0.999. The molecule has 2 aliphatic heterocycles. The predicted molar refractivity (Wildman–Crippen MR) is 125 cm³/mol. The van der Waals surface area contributed by atoms with E-state index in [9.17, 15) is 24.6 Å². The zero-order valence-corrected chi connectivity index (χ0v) is 18.8. The maximum atomic E-state index is 13.1. The molecule has 2 aromatic carbocycles. The van der Waals surface area contributed by atoms with Crippen LogP contribution in [-0.4, -0.2) is 59.2 Å². The summed E-state index contributed by atoms with van der Waals surface area (Å²) in [5.41, 5.74) is 7.73. The number of amides is 2. The van der Waals surface area contributed by atoms with Crippen molar-refractivity contribution >= 4 is 35.0 Å². The third-order valence-corrected chi connectivity index (χ3v) is 6.16. The number of nitrogens with zero attached hydrogens (tertiary/aromatic N) is 2. The first-order valence-electron chi connectivity index (χ1n) is 10.8. The molecule has 10 heteroatoms. The number of aliphatic hydroxyl groups excluding tert-OH is 1. The summed E-state index contributed by atoms with van der Waals surface area (Å²) in [4.78, 5) is 43.0. The van der Waals surface area contributed by atoms with Gasteiger partial charge in [0.1, 0.15) is 5.84 Å². The number of anilines is 2. The Labute approximate surface area is 196 Å². The number of carboxylic acids is 1. The van der Waals surface area contributed by atoms with E-state index in [1.54, 1.807) is 56.3 Å². The smallest absolute Gasteiger partial charge is 0.313 e. The second kappa shape index (κ2) is 8.88. The first kappa shape index (κ1) is 23.4. The molecule has 34 heavy (non-hydrogen) atoms. The molecular weight excluding hydrogens is 440 g/mol. The topological polar surface area (TPSA) is 155 Å². The van der Waals surface area contributed by atoms with Crippen LogP contribution in [0, 0.1) is 0 Å². The highest BCUT2D eigenvalue weighted by Gasteiger charge is 2.40. The molecule has 0 spiro atoms. The molecule has 0 aromatic heterocycles. The van der Waals surface area contributed by atoms with E-state index in [2.05, 4.69) is 10.3 Å². The van der Waals surface area contributed by atoms with Gasteiger partial charge in [-0.25, -0.2) is 0 Å². The summed E-state index contributed by atoms with van der Waals surface area (Å²) >= 11 is 0. The summed E-state index contributed by atoms with van der Waals surface area (Å²) in [6.45, 7) is 3.86. The van der Waals surface area contributed by atoms with Gasteiger partial charge in [-0.05, 0) is 55.3 Å². The van der Waals surface area contributed by atoms with E-state index < -0.39 is 35.4 Å². The van der Waals surface area contributed by atoms with Gasteiger partial charge in [0.2, 0.25) is 0 Å². The molecule has 1 saturated heterocycles. The first-order valence-corrected chi connectivity index (χ1v) is 10.8. The number of carbonyl (C=O) groups excluding carboxylic acids is 2. The van der Waals surface area contributed by atoms with Gasteiger partial charge in [0.05, 0.1) is 18.6 Å². The maximum absolute atomic E-state index is 13.1. The van der Waals surface area contributed by atoms with Crippen molar-refractivity contribution in [3.8, 4) is 0 Å². The number of aliphatic carboxylic acids is 1. The largest absolute Gasteiger partial charge is 0.481 e. The molecule has 5 N–H and O–H groups in total. The van der Waals surface area contributed by atoms with Crippen molar-refractivity contribution < 1.29 is 29.3 Å². The number of amidine groups is 1. The molecule has 4 rings (SSSR count). The van der Waals surface area contributed by atoms with Gasteiger partial charge >= 0.3 is 5.97 Å². The van der Waals surface area contributed by atoms with Gasteiger partial charge in [-0.2, -0.15) is 0 Å². The molecule has 0 bridgehead atoms. The third-order valence-electron chi connectivity index (χ3n) is 6.16. The molecule has 1 fully saturated rings. The quantitative estimate of drug-likeness (QED) is 0.495. The number of nitrogens with two attached hydrogens (primary N) is 1. The Bertz CT molecular complexity index is 1190. The van der Waals surface area contributed by atoms with Crippen molar-refractivity contribution in [3.63, 3.8) is 0 Å². The molecule has 178 valence electrons. The number of nitrogens with one attached hydrogen (secondary N) is 1. The Hall–Kier alpha value is -3.76. The molecule has 2 aromatic rings. The van der Waals surface area contributed by atoms with Crippen molar-refractivity contribution in [2.24, 2.45) is 10.7 Å². The first-order chi connectivity index (χ1) is 16.1. The van der Waals surface area contributed by atoms with E-state index in [4.69, 9.17) is 10.5 Å². The minimum Gasteiger partial charge on any atom is -0.481 e. The number of benzene rings is 2. The Balaban J connectivity index is 1.49. The summed E-state index contributed by atoms with van der Waals surface area (Å²) in [7, 11) is 0. The van der Waals surface area contributed by atoms with Gasteiger partial charge in [-0.1, -0.05) is 12.1 Å². The van der Waals surface area contributed by atoms with Crippen molar-refractivity contribution in [2.45, 2.75) is 38.0 Å². The van der Waals surface area contributed by atoms with Crippen LogP contribution in [0.25, 0.3) is 0 Å². The van der Waals surface area contributed by atoms with Crippen LogP contribution in [0.4, 0.5) is 11.4 Å². The van der Waals surface area contributed by atoms with E-state index in [1.165, 1.54) is 4.90 Å². The number of hydrogen-bond acceptors (Lipinski definition) is 7. The summed E-state index contributed by atoms with van der Waals surface area (Å²) < 4.78 is 5.46. The fourth-order valence-corrected chi connectivity index (χ4v) is 3.94. The SMILES string of the molecule is CC(C)(C(=O)O)c1cccc(N2CCOC(C(O)C(=O)Nc3ccc4c(c3)CN=C4N)C2=O)c1. The van der Waals surface area contributed by atoms with Gasteiger partial charge in [0.25, 0.3) is 11.8 Å². The van der Waals surface area contributed by atoms with Crippen LogP contribution in [0.2, 0.25) is 0 Å². The molecule has 2 aliphatic rings. The normalized spacial score (nSPS) is 18.8. The summed E-state index contributed by atoms with van der Waals surface area (Å²) in [6, 6.07) is 11.7. The maximum Gasteiger partial charge on any atom is 0.313 e. The molecule has 2 heterocycles. The molecule has 0 radical (unpaired) electrons. The molecular formula is C24H26N4O6. The standard InChI is InChI=1S/C24H26N4O6/c1-24(2,23(32)33)14-4-3-5-16(11-14)28-8-9-34-19(22(28)31)18(29)21(30)27-15-6-7-17-13(10-15)12-26-20(17)25/h3-7,10-11,18-19,29H,8-9,12H2,1-2H3,(H2,25,26)(H,27,30)(H,32,33). The molecule has 2 atom stereocenters. The van der Waals surface area contributed by atoms with Crippen LogP contribution in [0.5, 0.6) is 0 Å². The Morgan fingerprint density at radius 2 is 2.03 bits per heavy atom. The Morgan fingerprint density at radius 1 is 1.26 bits per heavy atom. The monoisotopic (exact) mass is 466 g/mol. The number of aliphatic hydroxyl groups is 1. The molecule has 0 saturated carbocycles. The lowest BCUT2D eigenvalue weighted by Gasteiger charge is -2.34. The number of fused-ring (bicyclic) bond motifs is 1. The lowest BCUT2D eigenvalue weighted by Crippen LogP contribution is -2.55. The molecule has 0 aliphatic carbocycles. The number of carbonyl (C=O) groups is 3. The summed E-state index contributed by atoms with van der Waals surface area (Å²) in [5, 5.41) is 22.7. The Kier molecular flexibility index (Phi) is 6.11. The van der Waals surface area contributed by atoms with Crippen molar-refractivity contribution in [3.05, 3.63) is 59.2 Å². The van der Waals surface area contributed by atoms with Crippen LogP contribution < -0.4 is 16.0 Å². The second-order valence-corrected chi connectivity index (χ2v) is 8.77. The van der Waals surface area contributed by atoms with Gasteiger partial charge in [-0.3, -0.25) is 19.4 Å². The van der Waals surface area contributed by atoms with E-state index in [1.807, 2.05) is 0 Å².